The van der Waals surface area contributed by atoms with E-state index in [9.17, 15) is 4.79 Å². The molecule has 0 aliphatic heterocycles. The van der Waals surface area contributed by atoms with Crippen LogP contribution in [0.5, 0.6) is 0 Å². The van der Waals surface area contributed by atoms with Crippen LogP contribution < -0.4 is 11.5 Å². The molecule has 15 heavy (non-hydrogen) atoms. The molecule has 1 aromatic heterocycles. The molecule has 0 spiro atoms. The Balaban J connectivity index is 3.09. The van der Waals surface area contributed by atoms with Crippen molar-refractivity contribution in [3.05, 3.63) is 24.0 Å². The molecule has 0 fully saturated rings. The van der Waals surface area contributed by atoms with Crippen molar-refractivity contribution in [2.24, 2.45) is 11.1 Å². The van der Waals surface area contributed by atoms with Crippen LogP contribution in [0.4, 0.5) is 5.69 Å². The van der Waals surface area contributed by atoms with Crippen LogP contribution in [-0.2, 0) is 0 Å². The number of aromatic nitrogens is 1. The SMILES string of the molecule is CCC(C)(CN)C(=O)c1cnccc1N. The highest BCUT2D eigenvalue weighted by Crippen LogP contribution is 2.27. The van der Waals surface area contributed by atoms with Gasteiger partial charge in [0, 0.05) is 30.0 Å². The van der Waals surface area contributed by atoms with Crippen LogP contribution in [0.2, 0.25) is 0 Å². The second kappa shape index (κ2) is 4.40. The van der Waals surface area contributed by atoms with Crippen molar-refractivity contribution in [2.45, 2.75) is 20.3 Å². The first kappa shape index (κ1) is 11.7. The van der Waals surface area contributed by atoms with E-state index in [0.717, 1.165) is 0 Å². The number of rotatable bonds is 4. The molecule has 1 heterocycles. The molecule has 1 atom stereocenters. The molecule has 0 amide bonds. The first-order valence-corrected chi connectivity index (χ1v) is 4.99. The van der Waals surface area contributed by atoms with Crippen LogP contribution in [0, 0.1) is 5.41 Å². The highest BCUT2D eigenvalue weighted by molar-refractivity contribution is 6.04. The lowest BCUT2D eigenvalue weighted by Gasteiger charge is -2.24. The summed E-state index contributed by atoms with van der Waals surface area (Å²) in [5.41, 5.74) is 11.7. The van der Waals surface area contributed by atoms with Crippen molar-refractivity contribution in [1.82, 2.24) is 4.98 Å². The molecule has 0 aliphatic carbocycles. The third kappa shape index (κ3) is 2.15. The summed E-state index contributed by atoms with van der Waals surface area (Å²) >= 11 is 0. The van der Waals surface area contributed by atoms with Gasteiger partial charge in [-0.05, 0) is 12.5 Å². The Hall–Kier alpha value is -1.42. The van der Waals surface area contributed by atoms with Gasteiger partial charge in [-0.3, -0.25) is 9.78 Å². The van der Waals surface area contributed by atoms with Crippen LogP contribution in [0.1, 0.15) is 30.6 Å². The fraction of sp³-hybridized carbons (Fsp3) is 0.455. The van der Waals surface area contributed by atoms with Gasteiger partial charge in [0.25, 0.3) is 0 Å². The first-order valence-electron chi connectivity index (χ1n) is 4.99. The Morgan fingerprint density at radius 1 is 1.60 bits per heavy atom. The minimum Gasteiger partial charge on any atom is -0.398 e. The Labute approximate surface area is 89.7 Å². The number of pyridine rings is 1. The predicted molar refractivity (Wildman–Crippen MR) is 60.4 cm³/mol. The van der Waals surface area contributed by atoms with Gasteiger partial charge in [-0.15, -0.1) is 0 Å². The summed E-state index contributed by atoms with van der Waals surface area (Å²) in [5.74, 6) is -0.0295. The van der Waals surface area contributed by atoms with E-state index in [1.807, 2.05) is 13.8 Å². The quantitative estimate of drug-likeness (QED) is 0.727. The molecule has 4 heteroatoms. The summed E-state index contributed by atoms with van der Waals surface area (Å²) in [6.07, 6.45) is 3.76. The van der Waals surface area contributed by atoms with Gasteiger partial charge in [-0.2, -0.15) is 0 Å². The summed E-state index contributed by atoms with van der Waals surface area (Å²) < 4.78 is 0. The van der Waals surface area contributed by atoms with Crippen molar-refractivity contribution < 1.29 is 4.79 Å². The van der Waals surface area contributed by atoms with E-state index in [1.54, 1.807) is 12.3 Å². The number of nitrogens with zero attached hydrogens (tertiary/aromatic N) is 1. The molecule has 0 saturated heterocycles. The van der Waals surface area contributed by atoms with E-state index in [1.165, 1.54) is 6.20 Å². The van der Waals surface area contributed by atoms with Gasteiger partial charge < -0.3 is 11.5 Å². The summed E-state index contributed by atoms with van der Waals surface area (Å²) in [5, 5.41) is 0. The molecule has 0 radical (unpaired) electrons. The molecule has 4 N–H and O–H groups in total. The van der Waals surface area contributed by atoms with E-state index >= 15 is 0 Å². The molecule has 0 saturated carbocycles. The van der Waals surface area contributed by atoms with Gasteiger partial charge in [0.2, 0.25) is 0 Å². The zero-order valence-corrected chi connectivity index (χ0v) is 9.16. The standard InChI is InChI=1S/C11H17N3O/c1-3-11(2,7-12)10(15)8-6-14-5-4-9(8)13/h4-6H,3,7,12H2,1-2H3,(H2,13,14). The van der Waals surface area contributed by atoms with E-state index in [0.29, 0.717) is 24.2 Å². The number of carbonyl (C=O) groups excluding carboxylic acids is 1. The lowest BCUT2D eigenvalue weighted by molar-refractivity contribution is 0.0821. The van der Waals surface area contributed by atoms with Crippen molar-refractivity contribution in [3.63, 3.8) is 0 Å². The number of hydrogen-bond donors (Lipinski definition) is 2. The minimum atomic E-state index is -0.544. The lowest BCUT2D eigenvalue weighted by atomic mass is 9.80. The second-order valence-corrected chi connectivity index (χ2v) is 3.91. The van der Waals surface area contributed by atoms with Gasteiger partial charge >= 0.3 is 0 Å². The fourth-order valence-corrected chi connectivity index (χ4v) is 1.32. The highest BCUT2D eigenvalue weighted by atomic mass is 16.1. The second-order valence-electron chi connectivity index (χ2n) is 3.91. The molecule has 4 nitrogen and oxygen atoms in total. The van der Waals surface area contributed by atoms with Crippen LogP contribution in [0.25, 0.3) is 0 Å². The van der Waals surface area contributed by atoms with Crippen LogP contribution >= 0.6 is 0 Å². The van der Waals surface area contributed by atoms with E-state index in [4.69, 9.17) is 11.5 Å². The molecular formula is C11H17N3O. The number of ketones is 1. The van der Waals surface area contributed by atoms with Crippen molar-refractivity contribution in [3.8, 4) is 0 Å². The monoisotopic (exact) mass is 207 g/mol. The molecule has 82 valence electrons. The Kier molecular flexibility index (Phi) is 3.42. The molecule has 1 unspecified atom stereocenters. The largest absolute Gasteiger partial charge is 0.398 e. The summed E-state index contributed by atoms with van der Waals surface area (Å²) in [7, 11) is 0. The van der Waals surface area contributed by atoms with E-state index < -0.39 is 5.41 Å². The van der Waals surface area contributed by atoms with Gasteiger partial charge in [-0.1, -0.05) is 13.8 Å². The number of anilines is 1. The molecule has 0 bridgehead atoms. The fourth-order valence-electron chi connectivity index (χ4n) is 1.32. The van der Waals surface area contributed by atoms with Gasteiger partial charge in [0.15, 0.2) is 5.78 Å². The normalized spacial score (nSPS) is 14.6. The zero-order valence-electron chi connectivity index (χ0n) is 9.16. The molecular weight excluding hydrogens is 190 g/mol. The molecule has 1 aromatic rings. The van der Waals surface area contributed by atoms with Crippen LogP contribution in [-0.4, -0.2) is 17.3 Å². The molecule has 0 aliphatic rings. The van der Waals surface area contributed by atoms with Crippen molar-refractivity contribution in [1.29, 1.82) is 0 Å². The van der Waals surface area contributed by atoms with Gasteiger partial charge in [0.05, 0.1) is 5.56 Å². The van der Waals surface area contributed by atoms with Gasteiger partial charge in [-0.25, -0.2) is 0 Å². The van der Waals surface area contributed by atoms with Crippen molar-refractivity contribution >= 4 is 11.5 Å². The number of Topliss-reactive ketones (excluding diaryl/α,β-unsaturated/α-hetero) is 1. The summed E-state index contributed by atoms with van der Waals surface area (Å²) in [6, 6.07) is 1.62. The number of hydrogen-bond acceptors (Lipinski definition) is 4. The Morgan fingerprint density at radius 3 is 2.73 bits per heavy atom. The highest BCUT2D eigenvalue weighted by Gasteiger charge is 2.31. The minimum absolute atomic E-state index is 0.0295. The average Bonchev–Trinajstić information content (AvgIpc) is 2.28. The van der Waals surface area contributed by atoms with E-state index in [2.05, 4.69) is 4.98 Å². The molecule has 0 aromatic carbocycles. The van der Waals surface area contributed by atoms with Crippen LogP contribution in [0.15, 0.2) is 18.5 Å². The smallest absolute Gasteiger partial charge is 0.173 e. The maximum Gasteiger partial charge on any atom is 0.173 e. The number of nitrogen functional groups attached to an aromatic ring is 1. The first-order chi connectivity index (χ1) is 7.05. The average molecular weight is 207 g/mol. The van der Waals surface area contributed by atoms with E-state index in [-0.39, 0.29) is 5.78 Å². The Morgan fingerprint density at radius 2 is 2.27 bits per heavy atom. The summed E-state index contributed by atoms with van der Waals surface area (Å²) in [4.78, 5) is 16.1. The third-order valence-corrected chi connectivity index (χ3v) is 2.88. The van der Waals surface area contributed by atoms with Crippen molar-refractivity contribution in [2.75, 3.05) is 12.3 Å². The Bertz CT molecular complexity index is 359. The maximum absolute atomic E-state index is 12.1. The number of nitrogens with two attached hydrogens (primary N) is 2. The van der Waals surface area contributed by atoms with Crippen LogP contribution in [0.3, 0.4) is 0 Å². The summed E-state index contributed by atoms with van der Waals surface area (Å²) in [6.45, 7) is 4.11. The maximum atomic E-state index is 12.1. The lowest BCUT2D eigenvalue weighted by Crippen LogP contribution is -2.35. The zero-order chi connectivity index (χ0) is 11.5. The third-order valence-electron chi connectivity index (χ3n) is 2.88. The topological polar surface area (TPSA) is 82.0 Å². The van der Waals surface area contributed by atoms with Gasteiger partial charge in [0.1, 0.15) is 0 Å². The number of carbonyl (C=O) groups is 1. The molecule has 1 rings (SSSR count). The predicted octanol–water partition coefficient (Wildman–Crippen LogP) is 1.22.